The standard InChI is InChI=1S/C12H19N3OS/c1-15(8-10-3-2-4-13-7-10)9-11(16)12-14-5-6-17-12/h5-6,10,13H,2-4,7-9H2,1H3/t10-/m0/s1. The van der Waals surface area contributed by atoms with Crippen molar-refractivity contribution in [1.29, 1.82) is 0 Å². The highest BCUT2D eigenvalue weighted by molar-refractivity contribution is 7.11. The summed E-state index contributed by atoms with van der Waals surface area (Å²) >= 11 is 1.42. The summed E-state index contributed by atoms with van der Waals surface area (Å²) in [6, 6.07) is 0. The summed E-state index contributed by atoms with van der Waals surface area (Å²) in [6.07, 6.45) is 4.20. The molecule has 1 N–H and O–H groups in total. The number of piperidine rings is 1. The van der Waals surface area contributed by atoms with Gasteiger partial charge in [-0.15, -0.1) is 11.3 Å². The van der Waals surface area contributed by atoms with Gasteiger partial charge in [0.05, 0.1) is 6.54 Å². The first-order valence-corrected chi connectivity index (χ1v) is 6.95. The maximum absolute atomic E-state index is 11.8. The van der Waals surface area contributed by atoms with E-state index in [0.717, 1.165) is 19.6 Å². The maximum atomic E-state index is 11.8. The van der Waals surface area contributed by atoms with Crippen LogP contribution >= 0.6 is 11.3 Å². The smallest absolute Gasteiger partial charge is 0.205 e. The number of likely N-dealkylation sites (N-methyl/N-ethyl adjacent to an activating group) is 1. The second-order valence-electron chi connectivity index (χ2n) is 4.67. The molecular formula is C12H19N3OS. The average molecular weight is 253 g/mol. The van der Waals surface area contributed by atoms with Gasteiger partial charge in [0.25, 0.3) is 0 Å². The number of hydrogen-bond donors (Lipinski definition) is 1. The summed E-state index contributed by atoms with van der Waals surface area (Å²) < 4.78 is 0. The van der Waals surface area contributed by atoms with Crippen LogP contribution in [0.5, 0.6) is 0 Å². The van der Waals surface area contributed by atoms with Crippen molar-refractivity contribution in [3.05, 3.63) is 16.6 Å². The SMILES string of the molecule is CN(CC(=O)c1nccs1)C[C@H]1CCCNC1. The number of thiazole rings is 1. The van der Waals surface area contributed by atoms with Gasteiger partial charge in [-0.3, -0.25) is 9.69 Å². The third-order valence-electron chi connectivity index (χ3n) is 3.05. The van der Waals surface area contributed by atoms with Crippen LogP contribution in [0.15, 0.2) is 11.6 Å². The van der Waals surface area contributed by atoms with Crippen molar-refractivity contribution < 1.29 is 4.79 Å². The quantitative estimate of drug-likeness (QED) is 0.802. The molecule has 0 unspecified atom stereocenters. The second kappa shape index (κ2) is 6.23. The first-order chi connectivity index (χ1) is 8.25. The van der Waals surface area contributed by atoms with Gasteiger partial charge in [0.2, 0.25) is 5.78 Å². The molecule has 17 heavy (non-hydrogen) atoms. The van der Waals surface area contributed by atoms with Crippen molar-refractivity contribution >= 4 is 17.1 Å². The Labute approximate surface area is 106 Å². The molecule has 2 rings (SSSR count). The largest absolute Gasteiger partial charge is 0.316 e. The molecule has 4 nitrogen and oxygen atoms in total. The number of hydrogen-bond acceptors (Lipinski definition) is 5. The number of Topliss-reactive ketones (excluding diaryl/α,β-unsaturated/α-hetero) is 1. The summed E-state index contributed by atoms with van der Waals surface area (Å²) in [5.41, 5.74) is 0. The normalized spacial score (nSPS) is 20.7. The van der Waals surface area contributed by atoms with E-state index in [1.165, 1.54) is 24.2 Å². The van der Waals surface area contributed by atoms with Crippen LogP contribution in [0.4, 0.5) is 0 Å². The Balaban J connectivity index is 1.76. The van der Waals surface area contributed by atoms with Gasteiger partial charge >= 0.3 is 0 Å². The van der Waals surface area contributed by atoms with E-state index in [4.69, 9.17) is 0 Å². The topological polar surface area (TPSA) is 45.2 Å². The Morgan fingerprint density at radius 2 is 2.59 bits per heavy atom. The van der Waals surface area contributed by atoms with Crippen LogP contribution in [0, 0.1) is 5.92 Å². The number of nitrogens with zero attached hydrogens (tertiary/aromatic N) is 2. The fraction of sp³-hybridized carbons (Fsp3) is 0.667. The first-order valence-electron chi connectivity index (χ1n) is 6.07. The summed E-state index contributed by atoms with van der Waals surface area (Å²) in [5.74, 6) is 0.809. The molecule has 0 amide bonds. The molecule has 0 spiro atoms. The zero-order valence-electron chi connectivity index (χ0n) is 10.2. The summed E-state index contributed by atoms with van der Waals surface area (Å²) in [4.78, 5) is 18.0. The molecular weight excluding hydrogens is 234 g/mol. The minimum absolute atomic E-state index is 0.131. The molecule has 94 valence electrons. The molecule has 1 aromatic rings. The van der Waals surface area contributed by atoms with Crippen molar-refractivity contribution in [3.8, 4) is 0 Å². The Bertz CT molecular complexity index is 347. The lowest BCUT2D eigenvalue weighted by Gasteiger charge is -2.27. The lowest BCUT2D eigenvalue weighted by molar-refractivity contribution is 0.0933. The maximum Gasteiger partial charge on any atom is 0.205 e. The highest BCUT2D eigenvalue weighted by Crippen LogP contribution is 2.12. The van der Waals surface area contributed by atoms with Gasteiger partial charge in [-0.25, -0.2) is 4.98 Å². The van der Waals surface area contributed by atoms with E-state index in [1.54, 1.807) is 6.20 Å². The van der Waals surface area contributed by atoms with Crippen molar-refractivity contribution in [2.75, 3.05) is 33.2 Å². The average Bonchev–Trinajstić information content (AvgIpc) is 2.83. The van der Waals surface area contributed by atoms with Crippen molar-refractivity contribution in [3.63, 3.8) is 0 Å². The van der Waals surface area contributed by atoms with E-state index in [-0.39, 0.29) is 5.78 Å². The van der Waals surface area contributed by atoms with E-state index < -0.39 is 0 Å². The van der Waals surface area contributed by atoms with Crippen molar-refractivity contribution in [2.24, 2.45) is 5.92 Å². The first kappa shape index (κ1) is 12.7. The molecule has 0 aliphatic carbocycles. The third-order valence-corrected chi connectivity index (χ3v) is 3.87. The van der Waals surface area contributed by atoms with Crippen LogP contribution in [-0.4, -0.2) is 48.9 Å². The molecule has 0 aromatic carbocycles. The van der Waals surface area contributed by atoms with Gasteiger partial charge in [-0.2, -0.15) is 0 Å². The van der Waals surface area contributed by atoms with E-state index >= 15 is 0 Å². The predicted molar refractivity (Wildman–Crippen MR) is 69.5 cm³/mol. The van der Waals surface area contributed by atoms with Crippen LogP contribution in [0.1, 0.15) is 22.6 Å². The number of rotatable bonds is 5. The molecule has 0 radical (unpaired) electrons. The molecule has 2 heterocycles. The Morgan fingerprint density at radius 1 is 1.71 bits per heavy atom. The van der Waals surface area contributed by atoms with Crippen LogP contribution in [0.25, 0.3) is 0 Å². The van der Waals surface area contributed by atoms with Crippen molar-refractivity contribution in [2.45, 2.75) is 12.8 Å². The molecule has 5 heteroatoms. The molecule has 1 fully saturated rings. The molecule has 1 aliphatic rings. The zero-order valence-corrected chi connectivity index (χ0v) is 11.0. The molecule has 0 saturated carbocycles. The Morgan fingerprint density at radius 3 is 3.24 bits per heavy atom. The Kier molecular flexibility index (Phi) is 4.65. The van der Waals surface area contributed by atoms with Gasteiger partial charge in [0.1, 0.15) is 0 Å². The predicted octanol–water partition coefficient (Wildman–Crippen LogP) is 1.26. The highest BCUT2D eigenvalue weighted by Gasteiger charge is 2.17. The van der Waals surface area contributed by atoms with Crippen molar-refractivity contribution in [1.82, 2.24) is 15.2 Å². The molecule has 0 bridgehead atoms. The zero-order chi connectivity index (χ0) is 12.1. The van der Waals surface area contributed by atoms with Gasteiger partial charge in [-0.05, 0) is 38.9 Å². The van der Waals surface area contributed by atoms with E-state index in [2.05, 4.69) is 15.2 Å². The van der Waals surface area contributed by atoms with Gasteiger partial charge in [0.15, 0.2) is 5.01 Å². The van der Waals surface area contributed by atoms with Crippen LogP contribution in [0.3, 0.4) is 0 Å². The summed E-state index contributed by atoms with van der Waals surface area (Å²) in [5, 5.41) is 5.87. The molecule has 1 saturated heterocycles. The molecule has 1 aromatic heterocycles. The monoisotopic (exact) mass is 253 g/mol. The van der Waals surface area contributed by atoms with E-state index in [1.807, 2.05) is 12.4 Å². The number of aromatic nitrogens is 1. The van der Waals surface area contributed by atoms with Gasteiger partial charge in [0, 0.05) is 18.1 Å². The highest BCUT2D eigenvalue weighted by atomic mass is 32.1. The minimum atomic E-state index is 0.131. The summed E-state index contributed by atoms with van der Waals surface area (Å²) in [6.45, 7) is 3.68. The minimum Gasteiger partial charge on any atom is -0.316 e. The number of nitrogens with one attached hydrogen (secondary N) is 1. The van der Waals surface area contributed by atoms with Crippen LogP contribution in [0.2, 0.25) is 0 Å². The number of carbonyl (C=O) groups excluding carboxylic acids is 1. The third kappa shape index (κ3) is 3.87. The van der Waals surface area contributed by atoms with Gasteiger partial charge in [-0.1, -0.05) is 0 Å². The fourth-order valence-electron chi connectivity index (χ4n) is 2.26. The van der Waals surface area contributed by atoms with E-state index in [9.17, 15) is 4.79 Å². The molecule has 1 atom stereocenters. The summed E-state index contributed by atoms with van der Waals surface area (Å²) in [7, 11) is 2.01. The second-order valence-corrected chi connectivity index (χ2v) is 5.56. The van der Waals surface area contributed by atoms with Crippen LogP contribution < -0.4 is 5.32 Å². The fourth-order valence-corrected chi connectivity index (χ4v) is 2.83. The molecule has 1 aliphatic heterocycles. The lowest BCUT2D eigenvalue weighted by Crippen LogP contribution is -2.38. The van der Waals surface area contributed by atoms with E-state index in [0.29, 0.717) is 17.5 Å². The van der Waals surface area contributed by atoms with Crippen LogP contribution in [-0.2, 0) is 0 Å². The number of ketones is 1. The van der Waals surface area contributed by atoms with Gasteiger partial charge < -0.3 is 5.32 Å². The lowest BCUT2D eigenvalue weighted by atomic mass is 9.99. The Hall–Kier alpha value is -0.780. The number of carbonyl (C=O) groups is 1.